The van der Waals surface area contributed by atoms with Gasteiger partial charge in [-0.3, -0.25) is 9.69 Å². The fourth-order valence-corrected chi connectivity index (χ4v) is 3.28. The third-order valence-corrected chi connectivity index (χ3v) is 4.31. The minimum Gasteiger partial charge on any atom is -0.495 e. The largest absolute Gasteiger partial charge is 0.495 e. The topological polar surface area (TPSA) is 29.5 Å². The van der Waals surface area contributed by atoms with Gasteiger partial charge in [0.05, 0.1) is 18.3 Å². The van der Waals surface area contributed by atoms with E-state index in [1.165, 1.54) is 24.3 Å². The van der Waals surface area contributed by atoms with E-state index in [4.69, 9.17) is 4.74 Å². The summed E-state index contributed by atoms with van der Waals surface area (Å²) >= 11 is 0. The smallest absolute Gasteiger partial charge is 0.259 e. The summed E-state index contributed by atoms with van der Waals surface area (Å²) in [6.45, 7) is 5.99. The average molecular weight is 325 g/mol. The average Bonchev–Trinajstić information content (AvgIpc) is 2.54. The molecule has 2 aromatic carbocycles. The molecular weight excluding hydrogens is 305 g/mol. The first-order chi connectivity index (χ1) is 11.3. The molecule has 0 unspecified atom stereocenters. The summed E-state index contributed by atoms with van der Waals surface area (Å²) in [5.74, 6) is 0.0937. The first-order valence-electron chi connectivity index (χ1n) is 7.82. The number of hydrogen-bond donors (Lipinski definition) is 0. The van der Waals surface area contributed by atoms with Gasteiger partial charge in [0.2, 0.25) is 0 Å². The van der Waals surface area contributed by atoms with Crippen molar-refractivity contribution in [2.24, 2.45) is 0 Å². The van der Waals surface area contributed by atoms with Crippen LogP contribution in [0.1, 0.15) is 36.7 Å². The van der Waals surface area contributed by atoms with E-state index in [1.54, 1.807) is 12.0 Å². The summed E-state index contributed by atoms with van der Waals surface area (Å²) in [6.07, 6.45) is 2.07. The number of carbonyl (C=O) groups is 1. The molecule has 0 bridgehead atoms. The Morgan fingerprint density at radius 2 is 1.79 bits per heavy atom. The van der Waals surface area contributed by atoms with Crippen LogP contribution in [0.2, 0.25) is 0 Å². The highest BCUT2D eigenvalue weighted by Gasteiger charge is 2.38. The molecule has 4 heteroatoms. The van der Waals surface area contributed by atoms with Crippen molar-refractivity contribution < 1.29 is 13.9 Å². The van der Waals surface area contributed by atoms with Crippen molar-refractivity contribution in [3.63, 3.8) is 0 Å². The monoisotopic (exact) mass is 325 g/mol. The van der Waals surface area contributed by atoms with Crippen LogP contribution in [0.25, 0.3) is 5.57 Å². The molecule has 0 fully saturated rings. The Hall–Kier alpha value is -2.62. The van der Waals surface area contributed by atoms with E-state index in [0.29, 0.717) is 11.3 Å². The van der Waals surface area contributed by atoms with E-state index in [9.17, 15) is 9.18 Å². The van der Waals surface area contributed by atoms with Gasteiger partial charge in [0.15, 0.2) is 0 Å². The van der Waals surface area contributed by atoms with E-state index in [1.807, 2.05) is 39.0 Å². The number of ether oxygens (including phenoxy) is 1. The van der Waals surface area contributed by atoms with Gasteiger partial charge < -0.3 is 4.74 Å². The van der Waals surface area contributed by atoms with Crippen LogP contribution in [-0.4, -0.2) is 18.6 Å². The summed E-state index contributed by atoms with van der Waals surface area (Å²) < 4.78 is 18.7. The number of fused-ring (bicyclic) bond motifs is 1. The van der Waals surface area contributed by atoms with E-state index >= 15 is 0 Å². The lowest BCUT2D eigenvalue weighted by Crippen LogP contribution is -2.49. The minimum atomic E-state index is -0.531. The molecule has 0 spiro atoms. The van der Waals surface area contributed by atoms with Gasteiger partial charge in [0, 0.05) is 11.1 Å². The zero-order valence-corrected chi connectivity index (χ0v) is 14.3. The fourth-order valence-electron chi connectivity index (χ4n) is 3.28. The van der Waals surface area contributed by atoms with Gasteiger partial charge in [0.1, 0.15) is 11.6 Å². The van der Waals surface area contributed by atoms with Gasteiger partial charge in [-0.1, -0.05) is 18.2 Å². The van der Waals surface area contributed by atoms with Gasteiger partial charge in [-0.05, 0) is 56.7 Å². The van der Waals surface area contributed by atoms with Crippen molar-refractivity contribution in [2.75, 3.05) is 12.0 Å². The van der Waals surface area contributed by atoms with Crippen LogP contribution in [0.4, 0.5) is 10.1 Å². The third kappa shape index (κ3) is 2.58. The maximum Gasteiger partial charge on any atom is 0.259 e. The van der Waals surface area contributed by atoms with Crippen molar-refractivity contribution >= 4 is 17.2 Å². The number of hydrogen-bond acceptors (Lipinski definition) is 2. The lowest BCUT2D eigenvalue weighted by molar-refractivity contribution is 0.0969. The summed E-state index contributed by atoms with van der Waals surface area (Å²) in [5, 5.41) is 0. The zero-order chi connectivity index (χ0) is 17.5. The molecule has 1 amide bonds. The molecule has 1 aliphatic heterocycles. The number of nitrogens with zero attached hydrogens (tertiary/aromatic N) is 1. The Kier molecular flexibility index (Phi) is 3.91. The molecule has 0 atom stereocenters. The van der Waals surface area contributed by atoms with Crippen molar-refractivity contribution in [3.8, 4) is 5.75 Å². The van der Waals surface area contributed by atoms with E-state index in [-0.39, 0.29) is 11.7 Å². The van der Waals surface area contributed by atoms with Crippen molar-refractivity contribution in [1.82, 2.24) is 0 Å². The van der Waals surface area contributed by atoms with Gasteiger partial charge >= 0.3 is 0 Å². The normalized spacial score (nSPS) is 15.5. The number of benzene rings is 2. The number of allylic oxidation sites excluding steroid dienone is 1. The van der Waals surface area contributed by atoms with Gasteiger partial charge in [-0.25, -0.2) is 4.39 Å². The molecule has 1 heterocycles. The molecule has 0 aromatic heterocycles. The van der Waals surface area contributed by atoms with E-state index in [2.05, 4.69) is 6.08 Å². The number of methoxy groups -OCH3 is 1. The highest BCUT2D eigenvalue weighted by Crippen LogP contribution is 2.44. The third-order valence-electron chi connectivity index (χ3n) is 4.31. The number of rotatable bonds is 2. The first-order valence-corrected chi connectivity index (χ1v) is 7.82. The molecule has 3 nitrogen and oxygen atoms in total. The van der Waals surface area contributed by atoms with Crippen molar-refractivity contribution in [2.45, 2.75) is 26.3 Å². The molecular formula is C20H20FNO2. The molecule has 0 N–H and O–H groups in total. The first kappa shape index (κ1) is 16.2. The lowest BCUT2D eigenvalue weighted by atomic mass is 9.87. The van der Waals surface area contributed by atoms with E-state index < -0.39 is 5.54 Å². The van der Waals surface area contributed by atoms with Crippen LogP contribution < -0.4 is 9.64 Å². The second-order valence-corrected chi connectivity index (χ2v) is 6.48. The Labute approximate surface area is 141 Å². The number of amides is 1. The number of anilines is 1. The van der Waals surface area contributed by atoms with Crippen molar-refractivity contribution in [3.05, 3.63) is 65.5 Å². The Bertz CT molecular complexity index is 822. The Morgan fingerprint density at radius 1 is 1.12 bits per heavy atom. The molecule has 2 aromatic rings. The SMILES string of the molecule is COc1cccc2c1N(C(=O)c1ccc(F)cc1)C(C)(C)C=C2C. The zero-order valence-electron chi connectivity index (χ0n) is 14.3. The molecule has 0 aliphatic carbocycles. The standard InChI is InChI=1S/C20H20FNO2/c1-13-12-20(2,3)22(18-16(13)6-5-7-17(18)24-4)19(23)14-8-10-15(21)11-9-14/h5-12H,1-4H3. The quantitative estimate of drug-likeness (QED) is 0.802. The molecule has 1 aliphatic rings. The Morgan fingerprint density at radius 3 is 2.42 bits per heavy atom. The maximum absolute atomic E-state index is 13.2. The minimum absolute atomic E-state index is 0.186. The molecule has 0 radical (unpaired) electrons. The Balaban J connectivity index is 2.20. The van der Waals surface area contributed by atoms with E-state index in [0.717, 1.165) is 16.8 Å². The summed E-state index contributed by atoms with van der Waals surface area (Å²) in [7, 11) is 1.59. The van der Waals surface area contributed by atoms with Crippen LogP contribution in [0.3, 0.4) is 0 Å². The summed E-state index contributed by atoms with van der Waals surface area (Å²) in [6, 6.07) is 11.3. The second kappa shape index (κ2) is 5.78. The second-order valence-electron chi connectivity index (χ2n) is 6.48. The van der Waals surface area contributed by atoms with Crippen LogP contribution in [0, 0.1) is 5.82 Å². The van der Waals surface area contributed by atoms with Gasteiger partial charge in [-0.15, -0.1) is 0 Å². The van der Waals surface area contributed by atoms with Crippen molar-refractivity contribution in [1.29, 1.82) is 0 Å². The molecule has 3 rings (SSSR count). The molecule has 0 saturated carbocycles. The number of carbonyl (C=O) groups excluding carboxylic acids is 1. The highest BCUT2D eigenvalue weighted by atomic mass is 19.1. The van der Waals surface area contributed by atoms with Gasteiger partial charge in [-0.2, -0.15) is 0 Å². The predicted molar refractivity (Wildman–Crippen MR) is 93.9 cm³/mol. The molecule has 0 saturated heterocycles. The van der Waals surface area contributed by atoms with Crippen LogP contribution in [-0.2, 0) is 0 Å². The highest BCUT2D eigenvalue weighted by molar-refractivity contribution is 6.10. The van der Waals surface area contributed by atoms with Gasteiger partial charge in [0.25, 0.3) is 5.91 Å². The summed E-state index contributed by atoms with van der Waals surface area (Å²) in [4.78, 5) is 14.9. The maximum atomic E-state index is 13.2. The van der Waals surface area contributed by atoms with Crippen LogP contribution in [0.5, 0.6) is 5.75 Å². The molecule has 124 valence electrons. The lowest BCUT2D eigenvalue weighted by Gasteiger charge is -2.42. The van der Waals surface area contributed by atoms with Crippen LogP contribution >= 0.6 is 0 Å². The number of halogens is 1. The number of para-hydroxylation sites is 1. The molecule has 24 heavy (non-hydrogen) atoms. The predicted octanol–water partition coefficient (Wildman–Crippen LogP) is 4.68. The summed E-state index contributed by atoms with van der Waals surface area (Å²) in [5.41, 5.74) is 2.71. The fraction of sp³-hybridized carbons (Fsp3) is 0.250. The van der Waals surface area contributed by atoms with Crippen LogP contribution in [0.15, 0.2) is 48.5 Å².